The van der Waals surface area contributed by atoms with Gasteiger partial charge in [-0.1, -0.05) is 20.3 Å². The van der Waals surface area contributed by atoms with E-state index in [0.717, 1.165) is 18.4 Å². The topological polar surface area (TPSA) is 22.0 Å². The standard InChI is InChI=1S/C11H17NO/c1-4-9(2)10(3)12-7-5-6-11(12)8-13/h5-10H,4H2,1-3H3. The lowest BCUT2D eigenvalue weighted by Gasteiger charge is -2.21. The summed E-state index contributed by atoms with van der Waals surface area (Å²) in [5.74, 6) is 0.603. The van der Waals surface area contributed by atoms with Gasteiger partial charge < -0.3 is 4.57 Å². The average molecular weight is 179 g/mol. The van der Waals surface area contributed by atoms with Crippen LogP contribution in [-0.2, 0) is 0 Å². The van der Waals surface area contributed by atoms with Gasteiger partial charge in [0, 0.05) is 12.2 Å². The van der Waals surface area contributed by atoms with Crippen LogP contribution >= 0.6 is 0 Å². The van der Waals surface area contributed by atoms with Crippen molar-refractivity contribution in [3.63, 3.8) is 0 Å². The molecule has 0 aromatic carbocycles. The van der Waals surface area contributed by atoms with Crippen LogP contribution in [0.4, 0.5) is 0 Å². The predicted octanol–water partition coefficient (Wildman–Crippen LogP) is 2.91. The number of rotatable bonds is 4. The van der Waals surface area contributed by atoms with Gasteiger partial charge in [0.1, 0.15) is 0 Å². The van der Waals surface area contributed by atoms with Crippen LogP contribution in [0.2, 0.25) is 0 Å². The van der Waals surface area contributed by atoms with Gasteiger partial charge in [-0.25, -0.2) is 0 Å². The number of carbonyl (C=O) groups excluding carboxylic acids is 1. The summed E-state index contributed by atoms with van der Waals surface area (Å²) in [6.07, 6.45) is 4.02. The van der Waals surface area contributed by atoms with Gasteiger partial charge in [0.15, 0.2) is 6.29 Å². The fourth-order valence-corrected chi connectivity index (χ4v) is 1.49. The molecule has 2 heteroatoms. The van der Waals surface area contributed by atoms with Crippen LogP contribution in [-0.4, -0.2) is 10.9 Å². The van der Waals surface area contributed by atoms with Gasteiger partial charge in [-0.05, 0) is 25.0 Å². The second-order valence-electron chi connectivity index (χ2n) is 3.58. The van der Waals surface area contributed by atoms with Gasteiger partial charge in [0.2, 0.25) is 0 Å². The first-order valence-corrected chi connectivity index (χ1v) is 4.82. The molecular weight excluding hydrogens is 162 g/mol. The number of hydrogen-bond acceptors (Lipinski definition) is 1. The molecule has 0 radical (unpaired) electrons. The van der Waals surface area contributed by atoms with Crippen LogP contribution in [0, 0.1) is 5.92 Å². The number of nitrogens with zero attached hydrogens (tertiary/aromatic N) is 1. The molecule has 0 spiro atoms. The molecule has 1 rings (SSSR count). The van der Waals surface area contributed by atoms with Crippen LogP contribution in [0.25, 0.3) is 0 Å². The minimum atomic E-state index is 0.403. The second kappa shape index (κ2) is 4.26. The van der Waals surface area contributed by atoms with E-state index in [2.05, 4.69) is 20.8 Å². The highest BCUT2D eigenvalue weighted by atomic mass is 16.1. The summed E-state index contributed by atoms with van der Waals surface area (Å²) in [6, 6.07) is 4.18. The molecule has 0 aliphatic carbocycles. The minimum absolute atomic E-state index is 0.403. The first-order chi connectivity index (χ1) is 6.20. The summed E-state index contributed by atoms with van der Waals surface area (Å²) in [4.78, 5) is 10.7. The molecule has 1 aromatic heterocycles. The van der Waals surface area contributed by atoms with Crippen molar-refractivity contribution >= 4 is 6.29 Å². The molecule has 0 saturated heterocycles. The van der Waals surface area contributed by atoms with Crippen molar-refractivity contribution in [2.45, 2.75) is 33.2 Å². The highest BCUT2D eigenvalue weighted by Crippen LogP contribution is 2.21. The molecule has 2 nitrogen and oxygen atoms in total. The van der Waals surface area contributed by atoms with Crippen LogP contribution < -0.4 is 0 Å². The first-order valence-electron chi connectivity index (χ1n) is 4.82. The average Bonchev–Trinajstić information content (AvgIpc) is 2.62. The second-order valence-corrected chi connectivity index (χ2v) is 3.58. The number of carbonyl (C=O) groups is 1. The zero-order valence-corrected chi connectivity index (χ0v) is 8.53. The van der Waals surface area contributed by atoms with Crippen molar-refractivity contribution in [3.8, 4) is 0 Å². The Morgan fingerprint density at radius 1 is 1.54 bits per heavy atom. The van der Waals surface area contributed by atoms with E-state index in [1.165, 1.54) is 0 Å². The monoisotopic (exact) mass is 179 g/mol. The van der Waals surface area contributed by atoms with Crippen molar-refractivity contribution in [1.82, 2.24) is 4.57 Å². The number of aldehydes is 1. The third kappa shape index (κ3) is 2.00. The Balaban J connectivity index is 2.87. The normalized spacial score (nSPS) is 15.3. The lowest BCUT2D eigenvalue weighted by Crippen LogP contribution is -2.14. The quantitative estimate of drug-likeness (QED) is 0.651. The minimum Gasteiger partial charge on any atom is -0.342 e. The molecule has 0 aliphatic rings. The Bertz CT molecular complexity index is 277. The molecule has 1 heterocycles. The fraction of sp³-hybridized carbons (Fsp3) is 0.545. The molecular formula is C11H17NO. The molecule has 13 heavy (non-hydrogen) atoms. The molecule has 0 saturated carbocycles. The fourth-order valence-electron chi connectivity index (χ4n) is 1.49. The Kier molecular flexibility index (Phi) is 3.29. The first kappa shape index (κ1) is 10.0. The Labute approximate surface area is 79.6 Å². The van der Waals surface area contributed by atoms with Crippen molar-refractivity contribution in [1.29, 1.82) is 0 Å². The molecule has 2 atom stereocenters. The predicted molar refractivity (Wildman–Crippen MR) is 54.0 cm³/mol. The van der Waals surface area contributed by atoms with Crippen LogP contribution in [0.5, 0.6) is 0 Å². The molecule has 0 amide bonds. The van der Waals surface area contributed by atoms with E-state index in [-0.39, 0.29) is 0 Å². The molecule has 72 valence electrons. The van der Waals surface area contributed by atoms with Gasteiger partial charge >= 0.3 is 0 Å². The SMILES string of the molecule is CCC(C)C(C)n1cccc1C=O. The zero-order chi connectivity index (χ0) is 9.84. The molecule has 0 aliphatic heterocycles. The Morgan fingerprint density at radius 2 is 2.23 bits per heavy atom. The number of hydrogen-bond donors (Lipinski definition) is 0. The van der Waals surface area contributed by atoms with E-state index < -0.39 is 0 Å². The summed E-state index contributed by atoms with van der Waals surface area (Å²) in [5.41, 5.74) is 0.771. The van der Waals surface area contributed by atoms with Gasteiger partial charge in [-0.15, -0.1) is 0 Å². The van der Waals surface area contributed by atoms with E-state index in [4.69, 9.17) is 0 Å². The number of aromatic nitrogens is 1. The third-order valence-corrected chi connectivity index (χ3v) is 2.84. The van der Waals surface area contributed by atoms with Gasteiger partial charge in [-0.2, -0.15) is 0 Å². The summed E-state index contributed by atoms with van der Waals surface area (Å²) in [7, 11) is 0. The largest absolute Gasteiger partial charge is 0.342 e. The Morgan fingerprint density at radius 3 is 2.77 bits per heavy atom. The van der Waals surface area contributed by atoms with Crippen molar-refractivity contribution in [2.75, 3.05) is 0 Å². The van der Waals surface area contributed by atoms with Crippen LogP contribution in [0.3, 0.4) is 0 Å². The van der Waals surface area contributed by atoms with Crippen molar-refractivity contribution in [2.24, 2.45) is 5.92 Å². The molecule has 0 bridgehead atoms. The Hall–Kier alpha value is -1.05. The highest BCUT2D eigenvalue weighted by molar-refractivity contribution is 5.72. The third-order valence-electron chi connectivity index (χ3n) is 2.84. The van der Waals surface area contributed by atoms with Crippen LogP contribution in [0.1, 0.15) is 43.7 Å². The van der Waals surface area contributed by atoms with E-state index in [1.807, 2.05) is 22.9 Å². The molecule has 0 fully saturated rings. The lowest BCUT2D eigenvalue weighted by molar-refractivity contribution is 0.111. The maximum absolute atomic E-state index is 10.7. The zero-order valence-electron chi connectivity index (χ0n) is 8.53. The molecule has 2 unspecified atom stereocenters. The maximum atomic E-state index is 10.7. The van der Waals surface area contributed by atoms with Gasteiger partial charge in [0.25, 0.3) is 0 Å². The van der Waals surface area contributed by atoms with E-state index in [0.29, 0.717) is 12.0 Å². The van der Waals surface area contributed by atoms with Gasteiger partial charge in [-0.3, -0.25) is 4.79 Å². The van der Waals surface area contributed by atoms with Crippen LogP contribution in [0.15, 0.2) is 18.3 Å². The van der Waals surface area contributed by atoms with E-state index in [9.17, 15) is 4.79 Å². The van der Waals surface area contributed by atoms with E-state index >= 15 is 0 Å². The maximum Gasteiger partial charge on any atom is 0.166 e. The van der Waals surface area contributed by atoms with E-state index in [1.54, 1.807) is 0 Å². The summed E-state index contributed by atoms with van der Waals surface area (Å²) >= 11 is 0. The lowest BCUT2D eigenvalue weighted by atomic mass is 10.0. The summed E-state index contributed by atoms with van der Waals surface area (Å²) in [5, 5.41) is 0. The summed E-state index contributed by atoms with van der Waals surface area (Å²) < 4.78 is 2.04. The highest BCUT2D eigenvalue weighted by Gasteiger charge is 2.13. The van der Waals surface area contributed by atoms with Crippen molar-refractivity contribution in [3.05, 3.63) is 24.0 Å². The smallest absolute Gasteiger partial charge is 0.166 e. The molecule has 0 N–H and O–H groups in total. The molecule has 1 aromatic rings. The summed E-state index contributed by atoms with van der Waals surface area (Å²) in [6.45, 7) is 6.53. The van der Waals surface area contributed by atoms with Gasteiger partial charge in [0.05, 0.1) is 5.69 Å². The van der Waals surface area contributed by atoms with Crippen molar-refractivity contribution < 1.29 is 4.79 Å².